The van der Waals surface area contributed by atoms with Crippen LogP contribution in [0.5, 0.6) is 0 Å². The average molecular weight is 452 g/mol. The number of hydrogen-bond acceptors (Lipinski definition) is 7. The van der Waals surface area contributed by atoms with Gasteiger partial charge < -0.3 is 15.2 Å². The third-order valence-electron chi connectivity index (χ3n) is 5.30. The highest BCUT2D eigenvalue weighted by molar-refractivity contribution is 5.90. The number of nitro groups is 1. The third kappa shape index (κ3) is 5.43. The van der Waals surface area contributed by atoms with Crippen molar-refractivity contribution in [2.24, 2.45) is 0 Å². The van der Waals surface area contributed by atoms with Crippen molar-refractivity contribution in [3.05, 3.63) is 75.3 Å². The van der Waals surface area contributed by atoms with E-state index in [0.717, 1.165) is 22.6 Å². The number of ether oxygens (including phenoxy) is 1. The van der Waals surface area contributed by atoms with Crippen LogP contribution in [0, 0.1) is 21.4 Å². The zero-order chi connectivity index (χ0) is 24.1. The number of non-ortho nitro benzene ring substituents is 1. The zero-order valence-electron chi connectivity index (χ0n) is 17.5. The average Bonchev–Trinajstić information content (AvgIpc) is 3.23. The van der Waals surface area contributed by atoms with Gasteiger partial charge in [-0.1, -0.05) is 12.1 Å². The molecule has 1 aliphatic rings. The van der Waals surface area contributed by atoms with Gasteiger partial charge in [-0.2, -0.15) is 5.26 Å². The smallest absolute Gasteiger partial charge is 0.408 e. The van der Waals surface area contributed by atoms with Gasteiger partial charge in [-0.3, -0.25) is 19.8 Å². The monoisotopic (exact) mass is 452 g/mol. The van der Waals surface area contributed by atoms with Crippen LogP contribution in [0.3, 0.4) is 0 Å². The molecule has 1 fully saturated rings. The molecule has 0 spiro atoms. The Balaban J connectivity index is 1.65. The van der Waals surface area contributed by atoms with Gasteiger partial charge >= 0.3 is 12.1 Å². The molecular weight excluding hydrogens is 432 g/mol. The maximum Gasteiger partial charge on any atom is 0.408 e. The van der Waals surface area contributed by atoms with Crippen molar-refractivity contribution in [2.45, 2.75) is 31.5 Å². The molecule has 11 nitrogen and oxygen atoms in total. The first-order chi connectivity index (χ1) is 15.7. The second kappa shape index (κ2) is 9.78. The fraction of sp³-hybridized carbons (Fsp3) is 0.273. The summed E-state index contributed by atoms with van der Waals surface area (Å²) in [5.41, 5.74) is 1.11. The molecule has 2 aromatic rings. The number of nitrogens with one attached hydrogen (secondary N) is 1. The lowest BCUT2D eigenvalue weighted by molar-refractivity contribution is -0.384. The predicted octanol–water partition coefficient (Wildman–Crippen LogP) is 2.62. The van der Waals surface area contributed by atoms with Crippen molar-refractivity contribution < 1.29 is 29.2 Å². The summed E-state index contributed by atoms with van der Waals surface area (Å²) in [6, 6.07) is 11.9. The standard InChI is InChI=1S/C22H20N4O7/c1-13(15-4-2-14(11-23)3-5-15)24-20(27)19-10-18(12-25(19)22(29)30)33-21(28)16-6-8-17(9-7-16)26(31)32/h2-9,13,18-19H,10,12H2,1H3,(H,24,27)(H,29,30)/t13-,18?,19?/m0/s1. The number of hydrogen-bond donors (Lipinski definition) is 2. The number of nitriles is 1. The van der Waals surface area contributed by atoms with Crippen LogP contribution in [0.1, 0.15) is 40.9 Å². The van der Waals surface area contributed by atoms with E-state index in [0.29, 0.717) is 5.56 Å². The van der Waals surface area contributed by atoms with E-state index in [2.05, 4.69) is 5.32 Å². The number of amides is 2. The fourth-order valence-electron chi connectivity index (χ4n) is 3.52. The minimum Gasteiger partial charge on any atom is -0.465 e. The molecule has 3 atom stereocenters. The van der Waals surface area contributed by atoms with Crippen LogP contribution in [0.15, 0.2) is 48.5 Å². The van der Waals surface area contributed by atoms with E-state index < -0.39 is 41.1 Å². The first-order valence-corrected chi connectivity index (χ1v) is 9.95. The highest BCUT2D eigenvalue weighted by Crippen LogP contribution is 2.24. The van der Waals surface area contributed by atoms with Gasteiger partial charge in [0.1, 0.15) is 12.1 Å². The van der Waals surface area contributed by atoms with E-state index in [4.69, 9.17) is 10.00 Å². The SMILES string of the molecule is C[C@H](NC(=O)C1CC(OC(=O)c2ccc([N+](=O)[O-])cc2)CN1C(=O)O)c1ccc(C#N)cc1. The highest BCUT2D eigenvalue weighted by atomic mass is 16.6. The van der Waals surface area contributed by atoms with Crippen molar-refractivity contribution in [2.75, 3.05) is 6.54 Å². The number of benzene rings is 2. The number of nitro benzene ring substituents is 1. The predicted molar refractivity (Wildman–Crippen MR) is 113 cm³/mol. The molecule has 0 aliphatic carbocycles. The molecule has 0 radical (unpaired) electrons. The molecule has 170 valence electrons. The van der Waals surface area contributed by atoms with Crippen molar-refractivity contribution in [3.63, 3.8) is 0 Å². The Labute approximate surface area is 188 Å². The topological polar surface area (TPSA) is 163 Å². The molecule has 2 aromatic carbocycles. The largest absolute Gasteiger partial charge is 0.465 e. The number of nitrogens with zero attached hydrogens (tertiary/aromatic N) is 3. The van der Waals surface area contributed by atoms with Gasteiger partial charge in [-0.15, -0.1) is 0 Å². The molecule has 0 bridgehead atoms. The highest BCUT2D eigenvalue weighted by Gasteiger charge is 2.42. The molecule has 2 amide bonds. The van der Waals surface area contributed by atoms with Crippen LogP contribution >= 0.6 is 0 Å². The summed E-state index contributed by atoms with van der Waals surface area (Å²) in [4.78, 5) is 47.9. The first kappa shape index (κ1) is 23.2. The number of carbonyl (C=O) groups excluding carboxylic acids is 2. The second-order valence-electron chi connectivity index (χ2n) is 7.48. The van der Waals surface area contributed by atoms with E-state index in [1.54, 1.807) is 31.2 Å². The molecule has 2 unspecified atom stereocenters. The summed E-state index contributed by atoms with van der Waals surface area (Å²) in [6.07, 6.45) is -2.21. The van der Waals surface area contributed by atoms with E-state index in [1.165, 1.54) is 12.1 Å². The number of carbonyl (C=O) groups is 3. The Hall–Kier alpha value is -4.46. The van der Waals surface area contributed by atoms with Crippen LogP contribution in [-0.4, -0.2) is 51.6 Å². The van der Waals surface area contributed by atoms with Gasteiger partial charge in [0, 0.05) is 18.6 Å². The molecule has 0 aromatic heterocycles. The minimum atomic E-state index is -1.32. The van der Waals surface area contributed by atoms with E-state index in [1.807, 2.05) is 6.07 Å². The van der Waals surface area contributed by atoms with Gasteiger partial charge in [-0.05, 0) is 36.8 Å². The maximum atomic E-state index is 12.8. The van der Waals surface area contributed by atoms with Crippen LogP contribution in [0.2, 0.25) is 0 Å². The van der Waals surface area contributed by atoms with E-state index >= 15 is 0 Å². The Bertz CT molecular complexity index is 1110. The molecule has 1 aliphatic heterocycles. The Morgan fingerprint density at radius 2 is 1.85 bits per heavy atom. The molecular formula is C22H20N4O7. The van der Waals surface area contributed by atoms with Gasteiger partial charge in [0.2, 0.25) is 5.91 Å². The number of rotatable bonds is 6. The lowest BCUT2D eigenvalue weighted by Crippen LogP contribution is -2.46. The quantitative estimate of drug-likeness (QED) is 0.384. The van der Waals surface area contributed by atoms with E-state index in [-0.39, 0.29) is 24.2 Å². The van der Waals surface area contributed by atoms with Crippen LogP contribution in [0.25, 0.3) is 0 Å². The maximum absolute atomic E-state index is 12.8. The third-order valence-corrected chi connectivity index (χ3v) is 5.30. The summed E-state index contributed by atoms with van der Waals surface area (Å²) in [6.45, 7) is 1.54. The Kier molecular flexibility index (Phi) is 6.88. The van der Waals surface area contributed by atoms with Gasteiger partial charge in [0.15, 0.2) is 0 Å². The van der Waals surface area contributed by atoms with Gasteiger partial charge in [-0.25, -0.2) is 9.59 Å². The molecule has 1 saturated heterocycles. The van der Waals surface area contributed by atoms with Gasteiger partial charge in [0.05, 0.1) is 34.7 Å². The fourth-order valence-corrected chi connectivity index (χ4v) is 3.52. The van der Waals surface area contributed by atoms with Crippen molar-refractivity contribution in [1.82, 2.24) is 10.2 Å². The summed E-state index contributed by atoms with van der Waals surface area (Å²) in [7, 11) is 0. The molecule has 0 saturated carbocycles. The lowest BCUT2D eigenvalue weighted by atomic mass is 10.1. The minimum absolute atomic E-state index is 0.0308. The van der Waals surface area contributed by atoms with Crippen molar-refractivity contribution in [1.29, 1.82) is 5.26 Å². The molecule has 11 heteroatoms. The van der Waals surface area contributed by atoms with Gasteiger partial charge in [0.25, 0.3) is 5.69 Å². The Morgan fingerprint density at radius 1 is 1.21 bits per heavy atom. The van der Waals surface area contributed by atoms with Crippen LogP contribution < -0.4 is 5.32 Å². The lowest BCUT2D eigenvalue weighted by Gasteiger charge is -2.22. The van der Waals surface area contributed by atoms with Crippen molar-refractivity contribution in [3.8, 4) is 6.07 Å². The van der Waals surface area contributed by atoms with Crippen molar-refractivity contribution >= 4 is 23.7 Å². The second-order valence-corrected chi connectivity index (χ2v) is 7.48. The molecule has 3 rings (SSSR count). The van der Waals surface area contributed by atoms with Crippen LogP contribution in [0.4, 0.5) is 10.5 Å². The summed E-state index contributed by atoms with van der Waals surface area (Å²) in [5.74, 6) is -1.31. The Morgan fingerprint density at radius 3 is 2.39 bits per heavy atom. The molecule has 33 heavy (non-hydrogen) atoms. The normalized spacial score (nSPS) is 18.1. The summed E-state index contributed by atoms with van der Waals surface area (Å²) >= 11 is 0. The summed E-state index contributed by atoms with van der Waals surface area (Å²) < 4.78 is 5.35. The van der Waals surface area contributed by atoms with Crippen LogP contribution in [-0.2, 0) is 9.53 Å². The number of esters is 1. The first-order valence-electron chi connectivity index (χ1n) is 9.95. The molecule has 1 heterocycles. The summed E-state index contributed by atoms with van der Waals surface area (Å²) in [5, 5.41) is 31.9. The number of likely N-dealkylation sites (tertiary alicyclic amines) is 1. The number of carboxylic acid groups (broad SMARTS) is 1. The zero-order valence-corrected chi connectivity index (χ0v) is 17.5. The molecule has 2 N–H and O–H groups in total. The van der Waals surface area contributed by atoms with E-state index in [9.17, 15) is 29.6 Å².